The molecule has 0 aliphatic carbocycles. The molecule has 2 aromatic heterocycles. The highest BCUT2D eigenvalue weighted by Gasteiger charge is 2.16. The lowest BCUT2D eigenvalue weighted by Gasteiger charge is -2.18. The fraction of sp³-hybridized carbons (Fsp3) is 0.421. The van der Waals surface area contributed by atoms with Crippen LogP contribution in [0.2, 0.25) is 0 Å². The molecule has 1 aromatic carbocycles. The van der Waals surface area contributed by atoms with Crippen molar-refractivity contribution in [3.8, 4) is 0 Å². The van der Waals surface area contributed by atoms with Gasteiger partial charge in [0.15, 0.2) is 0 Å². The molecule has 0 aliphatic heterocycles. The van der Waals surface area contributed by atoms with Crippen molar-refractivity contribution in [3.63, 3.8) is 0 Å². The summed E-state index contributed by atoms with van der Waals surface area (Å²) >= 11 is 0. The Hall–Kier alpha value is -2.31. The number of furan rings is 1. The fourth-order valence-corrected chi connectivity index (χ4v) is 3.23. The van der Waals surface area contributed by atoms with Crippen molar-refractivity contribution in [2.75, 3.05) is 19.6 Å². The molecule has 0 spiro atoms. The molecular formula is C19H26N4O2. The second-order valence-electron chi connectivity index (χ2n) is 6.13. The van der Waals surface area contributed by atoms with Crippen molar-refractivity contribution in [1.82, 2.24) is 14.0 Å². The van der Waals surface area contributed by atoms with Crippen LogP contribution in [0.5, 0.6) is 0 Å². The van der Waals surface area contributed by atoms with E-state index in [1.54, 1.807) is 18.4 Å². The van der Waals surface area contributed by atoms with Crippen LogP contribution in [0.15, 0.2) is 47.1 Å². The van der Waals surface area contributed by atoms with E-state index in [2.05, 4.69) is 18.7 Å². The minimum absolute atomic E-state index is 0.297. The molecule has 0 aliphatic rings. The summed E-state index contributed by atoms with van der Waals surface area (Å²) < 4.78 is 9.16. The standard InChI is InChI=1S/C19H26N4O2/c1-3-21(4-2)11-12-22-15-8-5-6-9-16(15)23(19(22)20)14-17(24)18-10-7-13-25-18/h5-10,13,17,20,24H,3-4,11-12,14H2,1-2H3/t17-/m1/s1. The van der Waals surface area contributed by atoms with Gasteiger partial charge in [-0.15, -0.1) is 0 Å². The van der Waals surface area contributed by atoms with Crippen LogP contribution in [0.3, 0.4) is 0 Å². The Morgan fingerprint density at radius 2 is 1.76 bits per heavy atom. The average Bonchev–Trinajstić information content (AvgIpc) is 3.25. The van der Waals surface area contributed by atoms with E-state index in [9.17, 15) is 5.11 Å². The van der Waals surface area contributed by atoms with Crippen LogP contribution in [0, 0.1) is 5.41 Å². The van der Waals surface area contributed by atoms with Gasteiger partial charge in [0, 0.05) is 13.1 Å². The van der Waals surface area contributed by atoms with Gasteiger partial charge in [-0.3, -0.25) is 5.41 Å². The van der Waals surface area contributed by atoms with E-state index in [-0.39, 0.29) is 0 Å². The quantitative estimate of drug-likeness (QED) is 0.661. The van der Waals surface area contributed by atoms with Crippen LogP contribution >= 0.6 is 0 Å². The molecule has 1 atom stereocenters. The molecule has 6 heteroatoms. The molecular weight excluding hydrogens is 316 g/mol. The highest BCUT2D eigenvalue weighted by molar-refractivity contribution is 5.75. The smallest absolute Gasteiger partial charge is 0.203 e. The molecule has 0 saturated heterocycles. The van der Waals surface area contributed by atoms with Crippen LogP contribution in [-0.2, 0) is 13.1 Å². The first kappa shape index (κ1) is 17.5. The third-order valence-electron chi connectivity index (χ3n) is 4.74. The van der Waals surface area contributed by atoms with Crippen LogP contribution < -0.4 is 5.62 Å². The number of fused-ring (bicyclic) bond motifs is 1. The molecule has 3 rings (SSSR count). The number of hydrogen-bond donors (Lipinski definition) is 2. The number of benzene rings is 1. The second-order valence-corrected chi connectivity index (χ2v) is 6.13. The average molecular weight is 342 g/mol. The highest BCUT2D eigenvalue weighted by atomic mass is 16.4. The van der Waals surface area contributed by atoms with Crippen LogP contribution in [0.25, 0.3) is 11.0 Å². The predicted octanol–water partition coefficient (Wildman–Crippen LogP) is 2.59. The maximum atomic E-state index is 10.4. The Morgan fingerprint density at radius 3 is 2.36 bits per heavy atom. The van der Waals surface area contributed by atoms with E-state index in [1.165, 1.54) is 0 Å². The number of nitrogens with one attached hydrogen (secondary N) is 1. The monoisotopic (exact) mass is 342 g/mol. The SMILES string of the molecule is CCN(CC)CCn1c(=N)n(C[C@@H](O)c2ccco2)c2ccccc21. The zero-order valence-electron chi connectivity index (χ0n) is 14.9. The summed E-state index contributed by atoms with van der Waals surface area (Å²) in [7, 11) is 0. The van der Waals surface area contributed by atoms with E-state index in [0.29, 0.717) is 17.9 Å². The molecule has 134 valence electrons. The number of aliphatic hydroxyl groups excluding tert-OH is 1. The zero-order chi connectivity index (χ0) is 17.8. The number of hydrogen-bond acceptors (Lipinski definition) is 4. The summed E-state index contributed by atoms with van der Waals surface area (Å²) in [5.74, 6) is 0.520. The van der Waals surface area contributed by atoms with Gasteiger partial charge < -0.3 is 23.6 Å². The molecule has 0 amide bonds. The highest BCUT2D eigenvalue weighted by Crippen LogP contribution is 2.19. The summed E-state index contributed by atoms with van der Waals surface area (Å²) in [6.07, 6.45) is 0.782. The van der Waals surface area contributed by atoms with Crippen LogP contribution in [-0.4, -0.2) is 38.8 Å². The largest absolute Gasteiger partial charge is 0.467 e. The third-order valence-corrected chi connectivity index (χ3v) is 4.74. The van der Waals surface area contributed by atoms with Gasteiger partial charge in [0.1, 0.15) is 11.9 Å². The lowest BCUT2D eigenvalue weighted by atomic mass is 10.2. The maximum Gasteiger partial charge on any atom is 0.203 e. The first-order valence-corrected chi connectivity index (χ1v) is 8.82. The molecule has 2 heterocycles. The van der Waals surface area contributed by atoms with Crippen molar-refractivity contribution in [3.05, 3.63) is 54.0 Å². The van der Waals surface area contributed by atoms with Crippen molar-refractivity contribution in [2.24, 2.45) is 0 Å². The Bertz CT molecular complexity index is 859. The molecule has 2 N–H and O–H groups in total. The minimum Gasteiger partial charge on any atom is -0.467 e. The van der Waals surface area contributed by atoms with Gasteiger partial charge in [-0.05, 0) is 37.4 Å². The number of para-hydroxylation sites is 2. The first-order chi connectivity index (χ1) is 12.2. The van der Waals surface area contributed by atoms with Gasteiger partial charge in [-0.2, -0.15) is 0 Å². The third kappa shape index (κ3) is 3.55. The number of nitrogens with zero attached hydrogens (tertiary/aromatic N) is 3. The molecule has 25 heavy (non-hydrogen) atoms. The number of aromatic nitrogens is 2. The summed E-state index contributed by atoms with van der Waals surface area (Å²) in [4.78, 5) is 2.34. The number of likely N-dealkylation sites (N-methyl/N-ethyl adjacent to an activating group) is 1. The number of imidazole rings is 1. The van der Waals surface area contributed by atoms with Gasteiger partial charge in [-0.1, -0.05) is 26.0 Å². The fourth-order valence-electron chi connectivity index (χ4n) is 3.23. The van der Waals surface area contributed by atoms with Gasteiger partial charge in [0.05, 0.1) is 23.8 Å². The van der Waals surface area contributed by atoms with Crippen LogP contribution in [0.4, 0.5) is 0 Å². The van der Waals surface area contributed by atoms with Gasteiger partial charge in [0.2, 0.25) is 5.62 Å². The summed E-state index contributed by atoms with van der Waals surface area (Å²) in [6, 6.07) is 11.5. The normalized spacial score (nSPS) is 13.0. The Labute approximate surface area is 147 Å². The van der Waals surface area contributed by atoms with Crippen molar-refractivity contribution < 1.29 is 9.52 Å². The maximum absolute atomic E-state index is 10.4. The van der Waals surface area contributed by atoms with E-state index >= 15 is 0 Å². The lowest BCUT2D eigenvalue weighted by Crippen LogP contribution is -2.32. The van der Waals surface area contributed by atoms with Gasteiger partial charge in [0.25, 0.3) is 0 Å². The lowest BCUT2D eigenvalue weighted by molar-refractivity contribution is 0.129. The number of rotatable bonds is 8. The summed E-state index contributed by atoms with van der Waals surface area (Å²) in [6.45, 7) is 8.26. The molecule has 0 radical (unpaired) electrons. The minimum atomic E-state index is -0.772. The topological polar surface area (TPSA) is 70.3 Å². The van der Waals surface area contributed by atoms with E-state index in [4.69, 9.17) is 9.83 Å². The van der Waals surface area contributed by atoms with Crippen LogP contribution in [0.1, 0.15) is 25.7 Å². The Morgan fingerprint density at radius 1 is 1.08 bits per heavy atom. The van der Waals surface area contributed by atoms with E-state index in [0.717, 1.165) is 37.2 Å². The number of aliphatic hydroxyl groups is 1. The van der Waals surface area contributed by atoms with Crippen molar-refractivity contribution in [1.29, 1.82) is 5.41 Å². The predicted molar refractivity (Wildman–Crippen MR) is 97.2 cm³/mol. The van der Waals surface area contributed by atoms with Crippen molar-refractivity contribution in [2.45, 2.75) is 33.0 Å². The Kier molecular flexibility index (Phi) is 5.40. The molecule has 6 nitrogen and oxygen atoms in total. The second kappa shape index (κ2) is 7.72. The molecule has 0 saturated carbocycles. The van der Waals surface area contributed by atoms with E-state index in [1.807, 2.05) is 33.4 Å². The van der Waals surface area contributed by atoms with Gasteiger partial charge in [-0.25, -0.2) is 0 Å². The molecule has 0 fully saturated rings. The molecule has 3 aromatic rings. The summed E-state index contributed by atoms with van der Waals surface area (Å²) in [5, 5.41) is 19.1. The summed E-state index contributed by atoms with van der Waals surface area (Å²) in [5.41, 5.74) is 2.38. The van der Waals surface area contributed by atoms with Crippen molar-refractivity contribution >= 4 is 11.0 Å². The molecule has 0 bridgehead atoms. The van der Waals surface area contributed by atoms with Gasteiger partial charge >= 0.3 is 0 Å². The first-order valence-electron chi connectivity index (χ1n) is 8.82. The zero-order valence-corrected chi connectivity index (χ0v) is 14.9. The van der Waals surface area contributed by atoms with E-state index < -0.39 is 6.10 Å². The Balaban J connectivity index is 1.93. The molecule has 0 unspecified atom stereocenters.